The van der Waals surface area contributed by atoms with Gasteiger partial charge in [0.05, 0.1) is 38.6 Å². The number of amides is 1. The zero-order chi connectivity index (χ0) is 59.0. The van der Waals surface area contributed by atoms with Crippen LogP contribution in [0.4, 0.5) is 0 Å². The van der Waals surface area contributed by atoms with Gasteiger partial charge in [-0.15, -0.1) is 0 Å². The van der Waals surface area contributed by atoms with E-state index in [0.717, 1.165) is 103 Å². The standard InChI is InChI=1S/C62H103NO18/c1-3-5-7-9-11-13-14-15-16-17-18-19-20-21-22-23-24-25-26-27-28-29-30-32-34-36-38-40-50(68)63-45(46(67)39-37-35-33-31-12-10-8-6-4-2)44-76-60-56(74)53(71)58(48(42-65)78-60)81-62-57(75)54(72)59(49(43-66)79-62)80-61-55(73)52(70)51(69)47(41-64)77-61/h5,7,11,13,15-16,18-19,21-22,24-25,27-28,37,39,45-49,51-62,64-67,69-75H,3-4,6,8-10,12,14,17,20,23,26,29-36,38,40-44H2,1-2H3,(H,63,68)/b7-5-,13-11-,16-15-,19-18-,22-21-,25-24-,28-27-,39-37+. The molecule has 1 amide bonds. The summed E-state index contributed by atoms with van der Waals surface area (Å²) in [6, 6.07) is -0.988. The van der Waals surface area contributed by atoms with Gasteiger partial charge in [0, 0.05) is 6.42 Å². The van der Waals surface area contributed by atoms with Crippen LogP contribution in [0.5, 0.6) is 0 Å². The normalized spacial score (nSPS) is 30.5. The second-order valence-electron chi connectivity index (χ2n) is 21.1. The molecule has 3 aliphatic rings. The van der Waals surface area contributed by atoms with Crippen LogP contribution in [-0.4, -0.2) is 193 Å². The maximum Gasteiger partial charge on any atom is 0.220 e. The Hall–Kier alpha value is -3.29. The van der Waals surface area contributed by atoms with Crippen LogP contribution in [-0.2, 0) is 33.2 Å². The number of hydrogen-bond acceptors (Lipinski definition) is 18. The number of ether oxygens (including phenoxy) is 6. The zero-order valence-corrected chi connectivity index (χ0v) is 48.2. The molecule has 12 N–H and O–H groups in total. The molecule has 17 unspecified atom stereocenters. The average molecular weight is 1150 g/mol. The van der Waals surface area contributed by atoms with Gasteiger partial charge < -0.3 is 89.9 Å². The smallest absolute Gasteiger partial charge is 0.220 e. The molecule has 3 aliphatic heterocycles. The zero-order valence-electron chi connectivity index (χ0n) is 48.2. The maximum atomic E-state index is 13.3. The minimum absolute atomic E-state index is 0.214. The van der Waals surface area contributed by atoms with E-state index < -0.39 is 124 Å². The highest BCUT2D eigenvalue weighted by Crippen LogP contribution is 2.33. The Kier molecular flexibility index (Phi) is 39.3. The number of unbranched alkanes of at least 4 members (excludes halogenated alkanes) is 12. The fourth-order valence-corrected chi connectivity index (χ4v) is 9.46. The molecule has 81 heavy (non-hydrogen) atoms. The molecule has 0 aliphatic carbocycles. The first-order chi connectivity index (χ1) is 39.3. The van der Waals surface area contributed by atoms with Crippen molar-refractivity contribution in [2.75, 3.05) is 26.4 Å². The van der Waals surface area contributed by atoms with Crippen LogP contribution in [0.1, 0.15) is 155 Å². The van der Waals surface area contributed by atoms with Gasteiger partial charge in [0.1, 0.15) is 73.2 Å². The predicted octanol–water partition coefficient (Wildman–Crippen LogP) is 5.37. The van der Waals surface area contributed by atoms with Crippen LogP contribution < -0.4 is 5.32 Å². The summed E-state index contributed by atoms with van der Waals surface area (Å²) in [5.41, 5.74) is 0. The van der Waals surface area contributed by atoms with Gasteiger partial charge in [0.2, 0.25) is 5.91 Å². The summed E-state index contributed by atoms with van der Waals surface area (Å²) in [4.78, 5) is 13.3. The lowest BCUT2D eigenvalue weighted by Gasteiger charge is -2.48. The second-order valence-corrected chi connectivity index (χ2v) is 21.1. The molecule has 3 saturated heterocycles. The molecule has 0 aromatic heterocycles. The van der Waals surface area contributed by atoms with Crippen LogP contribution in [0.3, 0.4) is 0 Å². The molecule has 17 atom stereocenters. The first-order valence-corrected chi connectivity index (χ1v) is 30.0. The number of hydrogen-bond donors (Lipinski definition) is 12. The van der Waals surface area contributed by atoms with Crippen molar-refractivity contribution in [3.05, 3.63) is 97.2 Å². The molecule has 0 spiro atoms. The summed E-state index contributed by atoms with van der Waals surface area (Å²) in [5, 5.41) is 120. The SMILES string of the molecule is CC/C=C\C/C=C\C/C=C\C/C=C\C/C=C\C/C=C\C/C=C\CCCCCCCC(=O)NC(COC1OC(CO)C(OC2OC(CO)C(OC3OC(CO)C(O)C(O)C3O)C(O)C2O)C(O)C1O)C(O)/C=C/CCCCCCCCC. The van der Waals surface area contributed by atoms with Crippen molar-refractivity contribution in [3.63, 3.8) is 0 Å². The summed E-state index contributed by atoms with van der Waals surface area (Å²) in [6.07, 6.45) is 28.4. The van der Waals surface area contributed by atoms with Crippen molar-refractivity contribution in [2.45, 2.75) is 259 Å². The summed E-state index contributed by atoms with van der Waals surface area (Å²) in [6.45, 7) is 1.52. The fourth-order valence-electron chi connectivity index (χ4n) is 9.46. The highest BCUT2D eigenvalue weighted by atomic mass is 16.8. The Labute approximate surface area is 482 Å². The highest BCUT2D eigenvalue weighted by Gasteiger charge is 2.53. The topological polar surface area (TPSA) is 307 Å². The first-order valence-electron chi connectivity index (χ1n) is 30.0. The monoisotopic (exact) mass is 1150 g/mol. The molecule has 0 aromatic rings. The summed E-state index contributed by atoms with van der Waals surface area (Å²) in [5.74, 6) is -0.303. The van der Waals surface area contributed by atoms with E-state index in [4.69, 9.17) is 28.4 Å². The molecule has 3 rings (SSSR count). The lowest BCUT2D eigenvalue weighted by molar-refractivity contribution is -0.379. The van der Waals surface area contributed by atoms with E-state index in [9.17, 15) is 61.0 Å². The van der Waals surface area contributed by atoms with Crippen LogP contribution in [0, 0.1) is 0 Å². The number of carbonyl (C=O) groups is 1. The number of nitrogens with one attached hydrogen (secondary N) is 1. The van der Waals surface area contributed by atoms with Crippen molar-refractivity contribution >= 4 is 5.91 Å². The number of aliphatic hydroxyl groups is 11. The van der Waals surface area contributed by atoms with Gasteiger partial charge in [-0.1, -0.05) is 169 Å². The van der Waals surface area contributed by atoms with Crippen molar-refractivity contribution < 1.29 is 89.4 Å². The Morgan fingerprint density at radius 3 is 1.33 bits per heavy atom. The Morgan fingerprint density at radius 1 is 0.457 bits per heavy atom. The van der Waals surface area contributed by atoms with Crippen molar-refractivity contribution in [1.82, 2.24) is 5.32 Å². The van der Waals surface area contributed by atoms with Gasteiger partial charge in [-0.05, 0) is 77.0 Å². The Balaban J connectivity index is 1.44. The molecular formula is C62H103NO18. The van der Waals surface area contributed by atoms with E-state index in [0.29, 0.717) is 6.42 Å². The molecule has 19 heteroatoms. The minimum Gasteiger partial charge on any atom is -0.394 e. The lowest BCUT2D eigenvalue weighted by Crippen LogP contribution is -2.66. The maximum absolute atomic E-state index is 13.3. The van der Waals surface area contributed by atoms with E-state index in [-0.39, 0.29) is 18.9 Å². The van der Waals surface area contributed by atoms with Crippen LogP contribution >= 0.6 is 0 Å². The van der Waals surface area contributed by atoms with Gasteiger partial charge in [0.25, 0.3) is 0 Å². The van der Waals surface area contributed by atoms with E-state index >= 15 is 0 Å². The third kappa shape index (κ3) is 28.0. The van der Waals surface area contributed by atoms with Crippen molar-refractivity contribution in [2.24, 2.45) is 0 Å². The molecule has 0 bridgehead atoms. The fraction of sp³-hybridized carbons (Fsp3) is 0.726. The molecule has 3 fully saturated rings. The number of carbonyl (C=O) groups excluding carboxylic acids is 1. The van der Waals surface area contributed by atoms with Gasteiger partial charge in [-0.25, -0.2) is 0 Å². The minimum atomic E-state index is -1.98. The van der Waals surface area contributed by atoms with E-state index in [1.807, 2.05) is 6.08 Å². The number of aliphatic hydroxyl groups excluding tert-OH is 11. The van der Waals surface area contributed by atoms with Crippen LogP contribution in [0.25, 0.3) is 0 Å². The third-order valence-electron chi connectivity index (χ3n) is 14.4. The summed E-state index contributed by atoms with van der Waals surface area (Å²) < 4.78 is 34.1. The molecule has 0 saturated carbocycles. The van der Waals surface area contributed by atoms with Crippen LogP contribution in [0.2, 0.25) is 0 Å². The van der Waals surface area contributed by atoms with Gasteiger partial charge >= 0.3 is 0 Å². The van der Waals surface area contributed by atoms with E-state index in [1.165, 1.54) is 25.7 Å². The predicted molar refractivity (Wildman–Crippen MR) is 309 cm³/mol. The lowest BCUT2D eigenvalue weighted by atomic mass is 9.96. The van der Waals surface area contributed by atoms with Gasteiger partial charge in [0.15, 0.2) is 18.9 Å². The Morgan fingerprint density at radius 2 is 0.852 bits per heavy atom. The van der Waals surface area contributed by atoms with E-state index in [1.54, 1.807) is 6.08 Å². The average Bonchev–Trinajstić information content (AvgIpc) is 3.47. The van der Waals surface area contributed by atoms with Crippen molar-refractivity contribution in [1.29, 1.82) is 0 Å². The summed E-state index contributed by atoms with van der Waals surface area (Å²) >= 11 is 0. The van der Waals surface area contributed by atoms with Crippen LogP contribution in [0.15, 0.2) is 97.2 Å². The molecule has 3 heterocycles. The quantitative estimate of drug-likeness (QED) is 0.0270. The number of rotatable bonds is 42. The first kappa shape index (κ1) is 72.0. The third-order valence-corrected chi connectivity index (χ3v) is 14.4. The van der Waals surface area contributed by atoms with Gasteiger partial charge in [-0.2, -0.15) is 0 Å². The summed E-state index contributed by atoms with van der Waals surface area (Å²) in [7, 11) is 0. The molecule has 464 valence electrons. The number of allylic oxidation sites excluding steroid dienone is 15. The molecular weight excluding hydrogens is 1050 g/mol. The van der Waals surface area contributed by atoms with Crippen molar-refractivity contribution in [3.8, 4) is 0 Å². The highest BCUT2D eigenvalue weighted by molar-refractivity contribution is 5.76. The largest absolute Gasteiger partial charge is 0.394 e. The molecule has 0 radical (unpaired) electrons. The molecule has 19 nitrogen and oxygen atoms in total. The second kappa shape index (κ2) is 44.2. The molecule has 0 aromatic carbocycles. The van der Waals surface area contributed by atoms with Gasteiger partial charge in [-0.3, -0.25) is 4.79 Å². The van der Waals surface area contributed by atoms with E-state index in [2.05, 4.69) is 104 Å². The Bertz CT molecular complexity index is 1850.